The van der Waals surface area contributed by atoms with E-state index in [0.29, 0.717) is 0 Å². The van der Waals surface area contributed by atoms with Crippen LogP contribution in [0.2, 0.25) is 0 Å². The van der Waals surface area contributed by atoms with Crippen LogP contribution in [-0.2, 0) is 11.4 Å². The lowest BCUT2D eigenvalue weighted by molar-refractivity contribution is 1.82. The number of rotatable bonds is 0. The molecule has 0 saturated heterocycles. The standard InChI is InChI=1S/C4H5S2/c1-2-5-4-6-3-1/h1-2,4H,3H2/q+1. The molecule has 1 aliphatic rings. The van der Waals surface area contributed by atoms with Gasteiger partial charge in [-0.2, -0.15) is 0 Å². The first-order valence-electron chi connectivity index (χ1n) is 1.74. The van der Waals surface area contributed by atoms with Gasteiger partial charge in [-0.15, -0.1) is 0 Å². The molecule has 0 fully saturated rings. The average molecular weight is 117 g/mol. The highest BCUT2D eigenvalue weighted by molar-refractivity contribution is 8.22. The maximum Gasteiger partial charge on any atom is 0.227 e. The largest absolute Gasteiger partial charge is 0.227 e. The third kappa shape index (κ3) is 1.11. The molecule has 0 radical (unpaired) electrons. The van der Waals surface area contributed by atoms with Crippen molar-refractivity contribution >= 4 is 27.8 Å². The molecular formula is C4H5S2+. The van der Waals surface area contributed by atoms with Gasteiger partial charge in [0.15, 0.2) is 17.1 Å². The number of hydrogen-bond donors (Lipinski definition) is 0. The number of thioether (sulfide) groups is 1. The summed E-state index contributed by atoms with van der Waals surface area (Å²) in [7, 11) is 0. The molecule has 0 atom stereocenters. The predicted octanol–water partition coefficient (Wildman–Crippen LogP) is 1.09. The Labute approximate surface area is 45.6 Å². The van der Waals surface area contributed by atoms with E-state index in [0.717, 1.165) is 5.75 Å². The fourth-order valence-electron chi connectivity index (χ4n) is 0.261. The van der Waals surface area contributed by atoms with Gasteiger partial charge >= 0.3 is 0 Å². The lowest BCUT2D eigenvalue weighted by Crippen LogP contribution is -1.78. The SMILES string of the molecule is C1=CSC=[S+]C1. The second-order valence-electron chi connectivity index (χ2n) is 0.937. The van der Waals surface area contributed by atoms with Crippen LogP contribution in [-0.4, -0.2) is 10.5 Å². The Kier molecular flexibility index (Phi) is 1.71. The Balaban J connectivity index is 2.40. The van der Waals surface area contributed by atoms with Crippen molar-refractivity contribution in [1.29, 1.82) is 0 Å². The van der Waals surface area contributed by atoms with Gasteiger partial charge in [0.1, 0.15) is 0 Å². The molecule has 6 heavy (non-hydrogen) atoms. The van der Waals surface area contributed by atoms with Crippen molar-refractivity contribution in [3.8, 4) is 0 Å². The summed E-state index contributed by atoms with van der Waals surface area (Å²) in [6, 6.07) is 0. The van der Waals surface area contributed by atoms with Crippen LogP contribution in [0.15, 0.2) is 11.5 Å². The third-order valence-corrected chi connectivity index (χ3v) is 2.21. The van der Waals surface area contributed by atoms with Crippen LogP contribution in [0, 0.1) is 0 Å². The molecule has 0 nitrogen and oxygen atoms in total. The van der Waals surface area contributed by atoms with E-state index in [-0.39, 0.29) is 0 Å². The van der Waals surface area contributed by atoms with Crippen molar-refractivity contribution in [2.24, 2.45) is 0 Å². The molecule has 2 heteroatoms. The third-order valence-electron chi connectivity index (χ3n) is 0.491. The average Bonchev–Trinajstić information content (AvgIpc) is 1.72. The van der Waals surface area contributed by atoms with E-state index in [1.165, 1.54) is 0 Å². The molecule has 0 spiro atoms. The molecule has 1 aliphatic heterocycles. The van der Waals surface area contributed by atoms with Gasteiger partial charge in [-0.25, -0.2) is 0 Å². The van der Waals surface area contributed by atoms with E-state index in [4.69, 9.17) is 0 Å². The fraction of sp³-hybridized carbons (Fsp3) is 0.250. The zero-order valence-electron chi connectivity index (χ0n) is 3.26. The summed E-state index contributed by atoms with van der Waals surface area (Å²) >= 11 is 3.60. The summed E-state index contributed by atoms with van der Waals surface area (Å²) < 4.78 is 2.14. The highest BCUT2D eigenvalue weighted by atomic mass is 32.2. The zero-order chi connectivity index (χ0) is 4.24. The van der Waals surface area contributed by atoms with Gasteiger partial charge in [0.2, 0.25) is 4.70 Å². The van der Waals surface area contributed by atoms with Gasteiger partial charge in [-0.05, 0) is 23.2 Å². The van der Waals surface area contributed by atoms with Crippen molar-refractivity contribution in [1.82, 2.24) is 0 Å². The molecule has 0 bridgehead atoms. The Morgan fingerprint density at radius 1 is 1.67 bits per heavy atom. The monoisotopic (exact) mass is 117 g/mol. The van der Waals surface area contributed by atoms with Crippen LogP contribution < -0.4 is 0 Å². The minimum atomic E-state index is 1.16. The first-order valence-corrected chi connectivity index (χ1v) is 3.73. The fourth-order valence-corrected chi connectivity index (χ4v) is 1.68. The van der Waals surface area contributed by atoms with Crippen molar-refractivity contribution in [3.63, 3.8) is 0 Å². The Bertz CT molecular complexity index is 63.5. The molecule has 1 rings (SSSR count). The molecule has 0 aliphatic carbocycles. The normalized spacial score (nSPS) is 18.7. The van der Waals surface area contributed by atoms with Crippen LogP contribution in [0.4, 0.5) is 0 Å². The van der Waals surface area contributed by atoms with Gasteiger partial charge < -0.3 is 0 Å². The molecule has 0 aromatic carbocycles. The Morgan fingerprint density at radius 3 is 2.83 bits per heavy atom. The number of hydrogen-bond acceptors (Lipinski definition) is 1. The molecule has 1 heterocycles. The minimum absolute atomic E-state index is 1.16. The minimum Gasteiger partial charge on any atom is -0.0451 e. The zero-order valence-corrected chi connectivity index (χ0v) is 4.89. The molecule has 0 N–H and O–H groups in total. The van der Waals surface area contributed by atoms with Crippen LogP contribution >= 0.6 is 11.8 Å². The summed E-state index contributed by atoms with van der Waals surface area (Å²) in [5.74, 6) is 1.16. The highest BCUT2D eigenvalue weighted by Gasteiger charge is 1.91. The molecule has 0 amide bonds. The van der Waals surface area contributed by atoms with E-state index < -0.39 is 0 Å². The quantitative estimate of drug-likeness (QED) is 0.338. The lowest BCUT2D eigenvalue weighted by atomic mass is 10.8. The van der Waals surface area contributed by atoms with Gasteiger partial charge in [-0.3, -0.25) is 0 Å². The molecule has 0 aromatic heterocycles. The summed E-state index contributed by atoms with van der Waals surface area (Å²) in [6.45, 7) is 0. The van der Waals surface area contributed by atoms with Gasteiger partial charge in [0.25, 0.3) is 0 Å². The molecule has 0 saturated carbocycles. The second kappa shape index (κ2) is 2.37. The van der Waals surface area contributed by atoms with E-state index in [1.54, 1.807) is 11.8 Å². The van der Waals surface area contributed by atoms with Crippen LogP contribution in [0.25, 0.3) is 0 Å². The maximum absolute atomic E-state index is 2.16. The second-order valence-corrected chi connectivity index (χ2v) is 2.92. The van der Waals surface area contributed by atoms with Crippen LogP contribution in [0.5, 0.6) is 0 Å². The van der Waals surface area contributed by atoms with Crippen LogP contribution in [0.3, 0.4) is 0 Å². The van der Waals surface area contributed by atoms with E-state index in [1.807, 2.05) is 11.4 Å². The first kappa shape index (κ1) is 4.34. The van der Waals surface area contributed by atoms with Crippen LogP contribution in [0.1, 0.15) is 0 Å². The Hall–Kier alpha value is 0.180. The smallest absolute Gasteiger partial charge is 0.0451 e. The van der Waals surface area contributed by atoms with E-state index in [2.05, 4.69) is 16.2 Å². The molecule has 0 aromatic rings. The summed E-state index contributed by atoms with van der Waals surface area (Å²) in [4.78, 5) is 0. The maximum atomic E-state index is 2.16. The van der Waals surface area contributed by atoms with Gasteiger partial charge in [0, 0.05) is 0 Å². The van der Waals surface area contributed by atoms with Crippen molar-refractivity contribution in [3.05, 3.63) is 11.5 Å². The van der Waals surface area contributed by atoms with Crippen molar-refractivity contribution < 1.29 is 0 Å². The summed E-state index contributed by atoms with van der Waals surface area (Å²) in [5, 5.41) is 2.11. The molecular weight excluding hydrogens is 112 g/mol. The predicted molar refractivity (Wildman–Crippen MR) is 35.0 cm³/mol. The first-order chi connectivity index (χ1) is 3.00. The van der Waals surface area contributed by atoms with Gasteiger partial charge in [-0.1, -0.05) is 0 Å². The van der Waals surface area contributed by atoms with E-state index >= 15 is 0 Å². The van der Waals surface area contributed by atoms with Crippen molar-refractivity contribution in [2.75, 3.05) is 5.75 Å². The highest BCUT2D eigenvalue weighted by Crippen LogP contribution is 1.98. The van der Waals surface area contributed by atoms with E-state index in [9.17, 15) is 0 Å². The van der Waals surface area contributed by atoms with Crippen molar-refractivity contribution in [2.45, 2.75) is 0 Å². The topological polar surface area (TPSA) is 0 Å². The van der Waals surface area contributed by atoms with Gasteiger partial charge in [0.05, 0.1) is 0 Å². The molecule has 32 valence electrons. The lowest BCUT2D eigenvalue weighted by Gasteiger charge is -1.74. The summed E-state index contributed by atoms with van der Waals surface area (Å²) in [6.07, 6.45) is 2.16. The summed E-state index contributed by atoms with van der Waals surface area (Å²) in [5.41, 5.74) is 0. The Morgan fingerprint density at radius 2 is 2.67 bits per heavy atom. The molecule has 0 unspecified atom stereocenters.